The maximum atomic E-state index is 5.95. The molecule has 3 rings (SSSR count). The molecule has 92 valence electrons. The van der Waals surface area contributed by atoms with E-state index < -0.39 is 0 Å². The summed E-state index contributed by atoms with van der Waals surface area (Å²) in [4.78, 5) is 3.99. The summed E-state index contributed by atoms with van der Waals surface area (Å²) < 4.78 is 16.1. The Morgan fingerprint density at radius 3 is 3.00 bits per heavy atom. The summed E-state index contributed by atoms with van der Waals surface area (Å²) >= 11 is 5.95. The van der Waals surface area contributed by atoms with Crippen LogP contribution in [0.1, 0.15) is 5.56 Å². The minimum absolute atomic E-state index is 0.257. The molecule has 0 spiro atoms. The predicted octanol–water partition coefficient (Wildman–Crippen LogP) is 3.04. The number of pyridine rings is 1. The number of aromatic nitrogens is 1. The molecule has 1 aromatic heterocycles. The van der Waals surface area contributed by atoms with E-state index in [2.05, 4.69) is 4.98 Å². The van der Waals surface area contributed by atoms with Crippen LogP contribution in [-0.2, 0) is 6.61 Å². The van der Waals surface area contributed by atoms with Gasteiger partial charge in [0.05, 0.1) is 0 Å². The quantitative estimate of drug-likeness (QED) is 0.798. The van der Waals surface area contributed by atoms with Gasteiger partial charge in [-0.15, -0.1) is 0 Å². The highest BCUT2D eigenvalue weighted by Crippen LogP contribution is 2.35. The topological polar surface area (TPSA) is 40.6 Å². The fourth-order valence-electron chi connectivity index (χ4n) is 1.65. The Balaban J connectivity index is 1.72. The highest BCUT2D eigenvalue weighted by molar-refractivity contribution is 6.30. The summed E-state index contributed by atoms with van der Waals surface area (Å²) in [6.07, 6.45) is 1.65. The molecular weight excluding hydrogens is 254 g/mol. The van der Waals surface area contributed by atoms with Crippen LogP contribution in [0.4, 0.5) is 0 Å². The van der Waals surface area contributed by atoms with Crippen molar-refractivity contribution in [3.8, 4) is 17.2 Å². The van der Waals surface area contributed by atoms with E-state index in [4.69, 9.17) is 25.8 Å². The highest BCUT2D eigenvalue weighted by atomic mass is 35.5. The number of halogens is 1. The van der Waals surface area contributed by atoms with Crippen molar-refractivity contribution in [2.75, 3.05) is 6.79 Å². The first kappa shape index (κ1) is 11.2. The Morgan fingerprint density at radius 1 is 1.22 bits per heavy atom. The molecule has 0 N–H and O–H groups in total. The van der Waals surface area contributed by atoms with Crippen LogP contribution < -0.4 is 14.2 Å². The van der Waals surface area contributed by atoms with Crippen LogP contribution in [0.15, 0.2) is 36.5 Å². The van der Waals surface area contributed by atoms with E-state index in [0.717, 1.165) is 11.3 Å². The lowest BCUT2D eigenvalue weighted by Gasteiger charge is -2.07. The van der Waals surface area contributed by atoms with Gasteiger partial charge < -0.3 is 14.2 Å². The third kappa shape index (κ3) is 2.19. The minimum Gasteiger partial charge on any atom is -0.489 e. The van der Waals surface area contributed by atoms with Gasteiger partial charge in [-0.3, -0.25) is 0 Å². The molecular formula is C13H10ClNO3. The summed E-state index contributed by atoms with van der Waals surface area (Å²) in [5.74, 6) is 2.14. The van der Waals surface area contributed by atoms with Crippen LogP contribution in [0.3, 0.4) is 0 Å². The number of nitrogens with zero attached hydrogens (tertiary/aromatic N) is 1. The molecule has 1 aliphatic heterocycles. The summed E-state index contributed by atoms with van der Waals surface area (Å²) in [6, 6.07) is 9.15. The molecule has 1 aromatic carbocycles. The molecule has 2 heterocycles. The van der Waals surface area contributed by atoms with E-state index >= 15 is 0 Å². The first-order chi connectivity index (χ1) is 8.83. The summed E-state index contributed by atoms with van der Waals surface area (Å²) in [5.41, 5.74) is 0.844. The van der Waals surface area contributed by atoms with Gasteiger partial charge >= 0.3 is 0 Å². The highest BCUT2D eigenvalue weighted by Gasteiger charge is 2.13. The summed E-state index contributed by atoms with van der Waals surface area (Å²) in [7, 11) is 0. The maximum Gasteiger partial charge on any atom is 0.231 e. The van der Waals surface area contributed by atoms with Crippen LogP contribution >= 0.6 is 11.6 Å². The third-order valence-corrected chi connectivity index (χ3v) is 2.92. The van der Waals surface area contributed by atoms with Crippen LogP contribution in [0.25, 0.3) is 0 Å². The van der Waals surface area contributed by atoms with Crippen molar-refractivity contribution in [1.82, 2.24) is 4.98 Å². The van der Waals surface area contributed by atoms with Crippen molar-refractivity contribution < 1.29 is 14.2 Å². The molecule has 5 heteroatoms. The smallest absolute Gasteiger partial charge is 0.231 e. The SMILES string of the molecule is Clc1ncccc1COc1ccc2c(c1)OCO2. The monoisotopic (exact) mass is 263 g/mol. The second-order valence-corrected chi connectivity index (χ2v) is 4.12. The van der Waals surface area contributed by atoms with Crippen LogP contribution in [0.2, 0.25) is 5.15 Å². The lowest BCUT2D eigenvalue weighted by molar-refractivity contribution is 0.173. The number of fused-ring (bicyclic) bond motifs is 1. The van der Waals surface area contributed by atoms with Gasteiger partial charge in [0, 0.05) is 17.8 Å². The van der Waals surface area contributed by atoms with Gasteiger partial charge in [0.2, 0.25) is 6.79 Å². The molecule has 1 aliphatic rings. The molecule has 0 bridgehead atoms. The fourth-order valence-corrected chi connectivity index (χ4v) is 1.83. The Labute approximate surface area is 109 Å². The Bertz CT molecular complexity index is 574. The molecule has 2 aromatic rings. The second-order valence-electron chi connectivity index (χ2n) is 3.76. The predicted molar refractivity (Wildman–Crippen MR) is 66.1 cm³/mol. The lowest BCUT2D eigenvalue weighted by Crippen LogP contribution is -1.97. The van der Waals surface area contributed by atoms with Crippen LogP contribution in [0.5, 0.6) is 17.2 Å². The van der Waals surface area contributed by atoms with Crippen molar-refractivity contribution in [1.29, 1.82) is 0 Å². The van der Waals surface area contributed by atoms with E-state index in [0.29, 0.717) is 23.3 Å². The van der Waals surface area contributed by atoms with Gasteiger partial charge in [-0.1, -0.05) is 17.7 Å². The number of hydrogen-bond donors (Lipinski definition) is 0. The van der Waals surface area contributed by atoms with E-state index in [1.807, 2.05) is 24.3 Å². The standard InChI is InChI=1S/C13H10ClNO3/c14-13-9(2-1-5-15-13)7-16-10-3-4-11-12(6-10)18-8-17-11/h1-6H,7-8H2. The zero-order chi connectivity index (χ0) is 12.4. The van der Waals surface area contributed by atoms with Crippen molar-refractivity contribution in [3.63, 3.8) is 0 Å². The van der Waals surface area contributed by atoms with Gasteiger partial charge in [0.1, 0.15) is 17.5 Å². The average molecular weight is 264 g/mol. The molecule has 0 aliphatic carbocycles. The molecule has 0 unspecified atom stereocenters. The molecule has 0 amide bonds. The lowest BCUT2D eigenvalue weighted by atomic mass is 10.3. The van der Waals surface area contributed by atoms with Gasteiger partial charge in [-0.05, 0) is 18.2 Å². The van der Waals surface area contributed by atoms with E-state index in [1.165, 1.54) is 0 Å². The Kier molecular flexibility index (Phi) is 2.94. The van der Waals surface area contributed by atoms with Crippen molar-refractivity contribution in [3.05, 3.63) is 47.2 Å². The molecule has 18 heavy (non-hydrogen) atoms. The molecule has 0 radical (unpaired) electrons. The molecule has 0 atom stereocenters. The van der Waals surface area contributed by atoms with Gasteiger partial charge in [0.25, 0.3) is 0 Å². The van der Waals surface area contributed by atoms with Crippen LogP contribution in [-0.4, -0.2) is 11.8 Å². The van der Waals surface area contributed by atoms with Gasteiger partial charge in [0.15, 0.2) is 11.5 Å². The van der Waals surface area contributed by atoms with Crippen LogP contribution in [0, 0.1) is 0 Å². The first-order valence-electron chi connectivity index (χ1n) is 5.45. The number of hydrogen-bond acceptors (Lipinski definition) is 4. The largest absolute Gasteiger partial charge is 0.489 e. The number of rotatable bonds is 3. The van der Waals surface area contributed by atoms with E-state index in [1.54, 1.807) is 12.3 Å². The molecule has 4 nitrogen and oxygen atoms in total. The first-order valence-corrected chi connectivity index (χ1v) is 5.82. The number of ether oxygens (including phenoxy) is 3. The minimum atomic E-state index is 0.257. The van der Waals surface area contributed by atoms with Crippen molar-refractivity contribution in [2.45, 2.75) is 6.61 Å². The normalized spacial score (nSPS) is 12.5. The third-order valence-electron chi connectivity index (χ3n) is 2.57. The number of benzene rings is 1. The summed E-state index contributed by atoms with van der Waals surface area (Å²) in [5, 5.41) is 0.457. The van der Waals surface area contributed by atoms with Gasteiger partial charge in [-0.2, -0.15) is 0 Å². The van der Waals surface area contributed by atoms with Crippen molar-refractivity contribution >= 4 is 11.6 Å². The zero-order valence-electron chi connectivity index (χ0n) is 9.43. The van der Waals surface area contributed by atoms with E-state index in [9.17, 15) is 0 Å². The Morgan fingerprint density at radius 2 is 2.11 bits per heavy atom. The van der Waals surface area contributed by atoms with Crippen molar-refractivity contribution in [2.24, 2.45) is 0 Å². The molecule has 0 saturated carbocycles. The molecule has 0 saturated heterocycles. The average Bonchev–Trinajstić information content (AvgIpc) is 2.85. The fraction of sp³-hybridized carbons (Fsp3) is 0.154. The maximum absolute atomic E-state index is 5.95. The Hall–Kier alpha value is -1.94. The summed E-state index contributed by atoms with van der Waals surface area (Å²) in [6.45, 7) is 0.625. The second kappa shape index (κ2) is 4.74. The van der Waals surface area contributed by atoms with Gasteiger partial charge in [-0.25, -0.2) is 4.98 Å². The molecule has 0 fully saturated rings. The zero-order valence-corrected chi connectivity index (χ0v) is 10.2. The van der Waals surface area contributed by atoms with E-state index in [-0.39, 0.29) is 6.79 Å².